The van der Waals surface area contributed by atoms with Gasteiger partial charge in [0.25, 0.3) is 0 Å². The number of amides is 2. The first-order valence-electron chi connectivity index (χ1n) is 11.1. The molecule has 3 aromatic rings. The van der Waals surface area contributed by atoms with Crippen molar-refractivity contribution in [1.29, 1.82) is 0 Å². The molecule has 0 unspecified atom stereocenters. The van der Waals surface area contributed by atoms with Crippen LogP contribution < -0.4 is 5.32 Å². The number of aryl methyl sites for hydroxylation is 2. The van der Waals surface area contributed by atoms with E-state index in [-0.39, 0.29) is 24.4 Å². The molecule has 1 aliphatic rings. The topological polar surface area (TPSA) is 122 Å². The molecule has 1 N–H and O–H groups in total. The molecule has 1 fully saturated rings. The van der Waals surface area contributed by atoms with E-state index in [2.05, 4.69) is 25.3 Å². The quantitative estimate of drug-likeness (QED) is 0.598. The van der Waals surface area contributed by atoms with Gasteiger partial charge in [0.1, 0.15) is 24.0 Å². The van der Waals surface area contributed by atoms with Gasteiger partial charge in [-0.25, -0.2) is 24.9 Å². The second kappa shape index (κ2) is 9.08. The van der Waals surface area contributed by atoms with Gasteiger partial charge in [-0.05, 0) is 27.2 Å². The van der Waals surface area contributed by atoms with E-state index in [0.29, 0.717) is 48.1 Å². The Hall–Kier alpha value is -3.63. The SMILES string of the molecule is CC[C@H](Nc1ncnc2c1nc(-c1cnc(C)nc1)n2CC)C(=O)N1CC(=O)N(C)[C@@H](C)C1. The second-order valence-corrected chi connectivity index (χ2v) is 8.27. The second-order valence-electron chi connectivity index (χ2n) is 8.27. The number of rotatable bonds is 6. The van der Waals surface area contributed by atoms with Gasteiger partial charge in [0, 0.05) is 38.6 Å². The Morgan fingerprint density at radius 2 is 1.94 bits per heavy atom. The molecule has 1 saturated heterocycles. The number of carbonyl (C=O) groups excluding carboxylic acids is 2. The number of aromatic nitrogens is 6. The van der Waals surface area contributed by atoms with Crippen LogP contribution in [0.1, 0.15) is 33.0 Å². The first-order chi connectivity index (χ1) is 15.8. The summed E-state index contributed by atoms with van der Waals surface area (Å²) in [6.45, 7) is 8.94. The van der Waals surface area contributed by atoms with Crippen molar-refractivity contribution in [2.24, 2.45) is 0 Å². The molecule has 0 aliphatic carbocycles. The van der Waals surface area contributed by atoms with Crippen molar-refractivity contribution in [2.75, 3.05) is 25.5 Å². The predicted octanol–water partition coefficient (Wildman–Crippen LogP) is 1.49. The smallest absolute Gasteiger partial charge is 0.245 e. The number of hydrogen-bond acceptors (Lipinski definition) is 8. The minimum Gasteiger partial charge on any atom is -0.356 e. The van der Waals surface area contributed by atoms with Crippen LogP contribution in [0.15, 0.2) is 18.7 Å². The summed E-state index contributed by atoms with van der Waals surface area (Å²) in [5, 5.41) is 3.26. The van der Waals surface area contributed by atoms with Crippen LogP contribution in [0, 0.1) is 6.92 Å². The van der Waals surface area contributed by atoms with Crippen molar-refractivity contribution in [1.82, 2.24) is 39.3 Å². The van der Waals surface area contributed by atoms with Gasteiger partial charge in [-0.1, -0.05) is 6.92 Å². The van der Waals surface area contributed by atoms with Gasteiger partial charge in [-0.15, -0.1) is 0 Å². The highest BCUT2D eigenvalue weighted by molar-refractivity contribution is 5.92. The lowest BCUT2D eigenvalue weighted by molar-refractivity contribution is -0.147. The van der Waals surface area contributed by atoms with E-state index in [1.165, 1.54) is 6.33 Å². The lowest BCUT2D eigenvalue weighted by Gasteiger charge is -2.38. The molecule has 0 radical (unpaired) electrons. The Morgan fingerprint density at radius 1 is 1.21 bits per heavy atom. The fourth-order valence-corrected chi connectivity index (χ4v) is 3.99. The Morgan fingerprint density at radius 3 is 2.58 bits per heavy atom. The van der Waals surface area contributed by atoms with Gasteiger partial charge in [0.15, 0.2) is 17.0 Å². The number of hydrogen-bond donors (Lipinski definition) is 1. The summed E-state index contributed by atoms with van der Waals surface area (Å²) in [5.74, 6) is 1.66. The molecule has 4 heterocycles. The lowest BCUT2D eigenvalue weighted by atomic mass is 10.1. The molecule has 0 saturated carbocycles. The molecule has 33 heavy (non-hydrogen) atoms. The third kappa shape index (κ3) is 4.22. The van der Waals surface area contributed by atoms with E-state index in [1.807, 2.05) is 32.3 Å². The molecular weight excluding hydrogens is 422 g/mol. The van der Waals surface area contributed by atoms with E-state index in [0.717, 1.165) is 5.56 Å². The summed E-state index contributed by atoms with van der Waals surface area (Å²) in [5.41, 5.74) is 2.01. The highest BCUT2D eigenvalue weighted by atomic mass is 16.2. The van der Waals surface area contributed by atoms with Crippen LogP contribution in [0.3, 0.4) is 0 Å². The molecule has 11 heteroatoms. The van der Waals surface area contributed by atoms with Crippen LogP contribution in [-0.4, -0.2) is 83.3 Å². The zero-order chi connectivity index (χ0) is 23.7. The minimum absolute atomic E-state index is 0.0296. The molecule has 3 aromatic heterocycles. The van der Waals surface area contributed by atoms with Crippen molar-refractivity contribution in [3.63, 3.8) is 0 Å². The van der Waals surface area contributed by atoms with Crippen LogP contribution in [0.5, 0.6) is 0 Å². The number of piperazine rings is 1. The maximum atomic E-state index is 13.3. The van der Waals surface area contributed by atoms with Crippen LogP contribution in [0.25, 0.3) is 22.6 Å². The van der Waals surface area contributed by atoms with Gasteiger partial charge in [0.05, 0.1) is 12.1 Å². The molecule has 11 nitrogen and oxygen atoms in total. The Labute approximate surface area is 192 Å². The number of nitrogens with zero attached hydrogens (tertiary/aromatic N) is 8. The molecule has 174 valence electrons. The van der Waals surface area contributed by atoms with Crippen LogP contribution in [-0.2, 0) is 16.1 Å². The summed E-state index contributed by atoms with van der Waals surface area (Å²) < 4.78 is 1.97. The van der Waals surface area contributed by atoms with E-state index >= 15 is 0 Å². The summed E-state index contributed by atoms with van der Waals surface area (Å²) in [7, 11) is 1.77. The van der Waals surface area contributed by atoms with Gasteiger partial charge >= 0.3 is 0 Å². The summed E-state index contributed by atoms with van der Waals surface area (Å²) >= 11 is 0. The number of nitrogens with one attached hydrogen (secondary N) is 1. The maximum absolute atomic E-state index is 13.3. The van der Waals surface area contributed by atoms with E-state index in [4.69, 9.17) is 4.98 Å². The van der Waals surface area contributed by atoms with Crippen molar-refractivity contribution >= 4 is 28.8 Å². The largest absolute Gasteiger partial charge is 0.356 e. The third-order valence-corrected chi connectivity index (χ3v) is 6.08. The standard InChI is InChI=1S/C22H29N9O2/c1-6-16(22(33)30-10-13(3)29(5)17(32)11-30)27-19-18-21(26-12-25-19)31(7-2)20(28-18)15-8-23-14(4)24-9-15/h8-9,12-13,16H,6-7,10-11H2,1-5H3,(H,25,26,27)/t13-,16-/m0/s1. The minimum atomic E-state index is -0.538. The van der Waals surface area contributed by atoms with Crippen LogP contribution >= 0.6 is 0 Å². The third-order valence-electron chi connectivity index (χ3n) is 6.08. The first kappa shape index (κ1) is 22.6. The number of fused-ring (bicyclic) bond motifs is 1. The number of anilines is 1. The number of likely N-dealkylation sites (N-methyl/N-ethyl adjacent to an activating group) is 1. The number of imidazole rings is 1. The van der Waals surface area contributed by atoms with Crippen molar-refractivity contribution < 1.29 is 9.59 Å². The maximum Gasteiger partial charge on any atom is 0.245 e. The van der Waals surface area contributed by atoms with Gasteiger partial charge in [0.2, 0.25) is 11.8 Å². The van der Waals surface area contributed by atoms with Crippen LogP contribution in [0.2, 0.25) is 0 Å². The van der Waals surface area contributed by atoms with Crippen LogP contribution in [0.4, 0.5) is 5.82 Å². The van der Waals surface area contributed by atoms with Crippen molar-refractivity contribution in [3.05, 3.63) is 24.5 Å². The molecule has 0 spiro atoms. The first-order valence-corrected chi connectivity index (χ1v) is 11.1. The molecule has 4 rings (SSSR count). The average Bonchev–Trinajstić information content (AvgIpc) is 3.20. The zero-order valence-corrected chi connectivity index (χ0v) is 19.6. The Bertz CT molecular complexity index is 1170. The normalized spacial score (nSPS) is 17.5. The molecule has 2 atom stereocenters. The summed E-state index contributed by atoms with van der Waals surface area (Å²) in [6, 6.07) is -0.567. The average molecular weight is 452 g/mol. The van der Waals surface area contributed by atoms with Crippen molar-refractivity contribution in [3.8, 4) is 11.4 Å². The molecule has 1 aliphatic heterocycles. The van der Waals surface area contributed by atoms with Gasteiger partial charge < -0.3 is 19.7 Å². The molecule has 0 bridgehead atoms. The zero-order valence-electron chi connectivity index (χ0n) is 19.6. The highest BCUT2D eigenvalue weighted by Gasteiger charge is 2.33. The summed E-state index contributed by atoms with van der Waals surface area (Å²) in [6.07, 6.45) is 5.47. The summed E-state index contributed by atoms with van der Waals surface area (Å²) in [4.78, 5) is 51.0. The van der Waals surface area contributed by atoms with Crippen molar-refractivity contribution in [2.45, 2.75) is 52.7 Å². The fraction of sp³-hybridized carbons (Fsp3) is 0.500. The molecular formula is C22H29N9O2. The Kier molecular flexibility index (Phi) is 6.21. The monoisotopic (exact) mass is 451 g/mol. The van der Waals surface area contributed by atoms with Gasteiger partial charge in [-0.2, -0.15) is 0 Å². The lowest BCUT2D eigenvalue weighted by Crippen LogP contribution is -2.57. The predicted molar refractivity (Wildman–Crippen MR) is 123 cm³/mol. The van der Waals surface area contributed by atoms with Gasteiger partial charge in [-0.3, -0.25) is 9.59 Å². The molecule has 2 amide bonds. The van der Waals surface area contributed by atoms with E-state index in [1.54, 1.807) is 29.2 Å². The van der Waals surface area contributed by atoms with E-state index < -0.39 is 6.04 Å². The fourth-order valence-electron chi connectivity index (χ4n) is 3.99. The molecule has 0 aromatic carbocycles. The highest BCUT2D eigenvalue weighted by Crippen LogP contribution is 2.27. The number of carbonyl (C=O) groups is 2. The Balaban J connectivity index is 1.66. The van der Waals surface area contributed by atoms with E-state index in [9.17, 15) is 9.59 Å².